The number of Topliss-reactive ketones (excluding diaryl/α,β-unsaturated/α-hetero) is 1. The van der Waals surface area contributed by atoms with Gasteiger partial charge in [-0.25, -0.2) is 0 Å². The van der Waals surface area contributed by atoms with Crippen molar-refractivity contribution >= 4 is 11.4 Å². The van der Waals surface area contributed by atoms with Crippen molar-refractivity contribution in [2.75, 3.05) is 19.8 Å². The number of unbranched alkanes of at least 4 members (excludes halogenated alkanes) is 6. The van der Waals surface area contributed by atoms with Gasteiger partial charge in [0.25, 0.3) is 0 Å². The van der Waals surface area contributed by atoms with Gasteiger partial charge in [0.1, 0.15) is 18.5 Å². The number of carbonyl (C=O) groups excluding carboxylic acids is 1. The molecule has 7 heteroatoms. The molecular formula is C37H56F2O5. The van der Waals surface area contributed by atoms with E-state index in [4.69, 9.17) is 18.9 Å². The highest BCUT2D eigenvalue weighted by Gasteiger charge is 2.37. The molecular weight excluding hydrogens is 562 g/mol. The summed E-state index contributed by atoms with van der Waals surface area (Å²) in [5.41, 5.74) is 1.85. The minimum absolute atomic E-state index is 0.0299. The fraction of sp³-hybridized carbons (Fsp3) is 0.703. The first-order valence-corrected chi connectivity index (χ1v) is 17.3. The predicted octanol–water partition coefficient (Wildman–Crippen LogP) is 10.4. The topological polar surface area (TPSA) is 54.0 Å². The van der Waals surface area contributed by atoms with E-state index in [9.17, 15) is 13.6 Å². The van der Waals surface area contributed by atoms with E-state index in [1.165, 1.54) is 19.3 Å². The number of allylic oxidation sites excluding steroid dienone is 1. The largest absolute Gasteiger partial charge is 0.490 e. The van der Waals surface area contributed by atoms with Crippen LogP contribution in [0.1, 0.15) is 130 Å². The molecule has 3 atom stereocenters. The summed E-state index contributed by atoms with van der Waals surface area (Å²) in [5.74, 6) is 2.06. The number of alkyl halides is 2. The molecule has 3 unspecified atom stereocenters. The molecule has 0 radical (unpaired) electrons. The van der Waals surface area contributed by atoms with Crippen molar-refractivity contribution in [2.24, 2.45) is 11.8 Å². The minimum Gasteiger partial charge on any atom is -0.490 e. The van der Waals surface area contributed by atoms with Crippen LogP contribution in [0.5, 0.6) is 5.75 Å². The Hall–Kier alpha value is -2.41. The summed E-state index contributed by atoms with van der Waals surface area (Å²) in [6.45, 7) is 9.37. The molecule has 0 spiro atoms. The van der Waals surface area contributed by atoms with Crippen molar-refractivity contribution in [1.29, 1.82) is 0 Å². The lowest BCUT2D eigenvalue weighted by Crippen LogP contribution is -2.36. The van der Waals surface area contributed by atoms with Crippen LogP contribution in [0.25, 0.3) is 5.57 Å². The number of ether oxygens (including phenoxy) is 4. The Bertz CT molecular complexity index is 1050. The van der Waals surface area contributed by atoms with Gasteiger partial charge in [-0.1, -0.05) is 84.8 Å². The molecule has 1 aromatic rings. The highest BCUT2D eigenvalue weighted by Crippen LogP contribution is 2.40. The van der Waals surface area contributed by atoms with Crippen LogP contribution in [0, 0.1) is 11.8 Å². The Morgan fingerprint density at radius 1 is 0.841 bits per heavy atom. The quantitative estimate of drug-likeness (QED) is 0.114. The summed E-state index contributed by atoms with van der Waals surface area (Å²) in [5, 5.41) is 0. The second kappa shape index (κ2) is 19.2. The molecule has 1 fully saturated rings. The van der Waals surface area contributed by atoms with Gasteiger partial charge in [-0.15, -0.1) is 0 Å². The Morgan fingerprint density at radius 2 is 1.52 bits per heavy atom. The van der Waals surface area contributed by atoms with Gasteiger partial charge in [-0.3, -0.25) is 4.79 Å². The summed E-state index contributed by atoms with van der Waals surface area (Å²) < 4.78 is 52.1. The molecule has 1 aromatic carbocycles. The lowest BCUT2D eigenvalue weighted by molar-refractivity contribution is -0.180. The molecule has 0 aromatic heterocycles. The molecule has 44 heavy (non-hydrogen) atoms. The van der Waals surface area contributed by atoms with Gasteiger partial charge < -0.3 is 18.9 Å². The maximum atomic E-state index is 14.0. The average Bonchev–Trinajstić information content (AvgIpc) is 2.98. The molecule has 0 aliphatic heterocycles. The first-order chi connectivity index (χ1) is 21.3. The molecule has 0 heterocycles. The van der Waals surface area contributed by atoms with Crippen molar-refractivity contribution in [3.63, 3.8) is 0 Å². The number of rotatable bonds is 23. The van der Waals surface area contributed by atoms with Gasteiger partial charge in [0, 0.05) is 18.9 Å². The van der Waals surface area contributed by atoms with Gasteiger partial charge in [-0.05, 0) is 73.8 Å². The van der Waals surface area contributed by atoms with E-state index < -0.39 is 12.2 Å². The Morgan fingerprint density at radius 3 is 2.16 bits per heavy atom. The Balaban J connectivity index is 1.81. The van der Waals surface area contributed by atoms with Crippen molar-refractivity contribution in [2.45, 2.75) is 136 Å². The predicted molar refractivity (Wildman–Crippen MR) is 173 cm³/mol. The zero-order valence-electron chi connectivity index (χ0n) is 27.6. The molecule has 5 nitrogen and oxygen atoms in total. The number of benzene rings is 1. The van der Waals surface area contributed by atoms with Crippen LogP contribution in [-0.2, 0) is 19.0 Å². The van der Waals surface area contributed by atoms with Crippen LogP contribution < -0.4 is 4.74 Å². The minimum atomic E-state index is -3.20. The zero-order chi connectivity index (χ0) is 31.8. The lowest BCUT2D eigenvalue weighted by atomic mass is 9.69. The average molecular weight is 619 g/mol. The number of hydrogen-bond acceptors (Lipinski definition) is 5. The summed E-state index contributed by atoms with van der Waals surface area (Å²) in [6.07, 6.45) is 11.8. The zero-order valence-corrected chi connectivity index (χ0v) is 27.6. The van der Waals surface area contributed by atoms with Crippen molar-refractivity contribution in [1.82, 2.24) is 0 Å². The fourth-order valence-corrected chi connectivity index (χ4v) is 5.97. The monoisotopic (exact) mass is 618 g/mol. The SMILES string of the molecule is CCCCCOC1=C(OCC(=O)C2CCC2CCCCC)C(OCCCCC)CC(c2ccc(OC(F)(F)CCC)cc2)=C1. The standard InChI is InChI=1S/C37H56F2O5/c1-5-9-12-15-29-18-21-32(29)33(40)27-43-36-34(41-23-13-10-6-2)25-30(26-35(36)42-24-14-11-7-3)28-16-19-31(20-17-28)44-37(38,39)22-8-4/h16-17,19-20,25,29,32,35H,5-15,18,21-24,26-27H2,1-4H3. The third-order valence-corrected chi connectivity index (χ3v) is 8.73. The third kappa shape index (κ3) is 11.5. The molecule has 2 aliphatic carbocycles. The molecule has 1 saturated carbocycles. The Kier molecular flexibility index (Phi) is 15.7. The fourth-order valence-electron chi connectivity index (χ4n) is 5.97. The van der Waals surface area contributed by atoms with Crippen LogP contribution in [0.2, 0.25) is 0 Å². The van der Waals surface area contributed by atoms with Gasteiger partial charge in [0.05, 0.1) is 13.0 Å². The molecule has 248 valence electrons. The number of hydrogen-bond donors (Lipinski definition) is 0. The molecule has 2 aliphatic rings. The van der Waals surface area contributed by atoms with E-state index >= 15 is 0 Å². The first-order valence-electron chi connectivity index (χ1n) is 17.3. The molecule has 0 bridgehead atoms. The van der Waals surface area contributed by atoms with Crippen LogP contribution in [-0.4, -0.2) is 37.8 Å². The molecule has 0 N–H and O–H groups in total. The van der Waals surface area contributed by atoms with Crippen molar-refractivity contribution in [3.05, 3.63) is 47.4 Å². The van der Waals surface area contributed by atoms with Crippen LogP contribution in [0.3, 0.4) is 0 Å². The van der Waals surface area contributed by atoms with Crippen LogP contribution >= 0.6 is 0 Å². The van der Waals surface area contributed by atoms with Crippen molar-refractivity contribution in [3.8, 4) is 5.75 Å². The van der Waals surface area contributed by atoms with Gasteiger partial charge >= 0.3 is 6.11 Å². The highest BCUT2D eigenvalue weighted by molar-refractivity contribution is 5.83. The van der Waals surface area contributed by atoms with Gasteiger partial charge in [-0.2, -0.15) is 8.78 Å². The van der Waals surface area contributed by atoms with E-state index in [-0.39, 0.29) is 30.5 Å². The lowest BCUT2D eigenvalue weighted by Gasteiger charge is -2.36. The smallest absolute Gasteiger partial charge is 0.397 e. The summed E-state index contributed by atoms with van der Waals surface area (Å²) >= 11 is 0. The van der Waals surface area contributed by atoms with Gasteiger partial charge in [0.2, 0.25) is 0 Å². The molecule has 0 amide bonds. The first kappa shape index (κ1) is 36.1. The van der Waals surface area contributed by atoms with E-state index in [1.54, 1.807) is 31.2 Å². The number of ketones is 1. The van der Waals surface area contributed by atoms with Crippen LogP contribution in [0.4, 0.5) is 8.78 Å². The number of carbonyl (C=O) groups is 1. The second-order valence-electron chi connectivity index (χ2n) is 12.4. The van der Waals surface area contributed by atoms with E-state index in [2.05, 4.69) is 20.8 Å². The van der Waals surface area contributed by atoms with Gasteiger partial charge in [0.15, 0.2) is 17.3 Å². The summed E-state index contributed by atoms with van der Waals surface area (Å²) in [6, 6.07) is 6.78. The third-order valence-electron chi connectivity index (χ3n) is 8.73. The van der Waals surface area contributed by atoms with E-state index in [1.807, 2.05) is 6.08 Å². The van der Waals surface area contributed by atoms with Crippen LogP contribution in [0.15, 0.2) is 41.9 Å². The normalized spacial score (nSPS) is 20.2. The Labute approximate surface area is 264 Å². The summed E-state index contributed by atoms with van der Waals surface area (Å²) in [4.78, 5) is 13.3. The van der Waals surface area contributed by atoms with E-state index in [0.717, 1.165) is 68.9 Å². The maximum absolute atomic E-state index is 14.0. The molecule has 3 rings (SSSR count). The second-order valence-corrected chi connectivity index (χ2v) is 12.4. The highest BCUT2D eigenvalue weighted by atomic mass is 19.3. The summed E-state index contributed by atoms with van der Waals surface area (Å²) in [7, 11) is 0. The van der Waals surface area contributed by atoms with E-state index in [0.29, 0.717) is 43.5 Å². The maximum Gasteiger partial charge on any atom is 0.397 e. The molecule has 0 saturated heterocycles. The number of halogens is 2. The van der Waals surface area contributed by atoms with Crippen molar-refractivity contribution < 1.29 is 32.5 Å².